The van der Waals surface area contributed by atoms with Gasteiger partial charge in [-0.25, -0.2) is 5.43 Å². The molecule has 3 rings (SSSR count). The monoisotopic (exact) mass is 406 g/mol. The summed E-state index contributed by atoms with van der Waals surface area (Å²) in [5, 5.41) is 2.18. The van der Waals surface area contributed by atoms with Crippen molar-refractivity contribution in [1.82, 2.24) is 15.4 Å². The molecule has 0 aliphatic rings. The number of benzene rings is 1. The van der Waals surface area contributed by atoms with Gasteiger partial charge in [0, 0.05) is 32.9 Å². The number of hydrogen-bond donors (Lipinski definition) is 2. The maximum Gasteiger partial charge on any atom is 0.0898 e. The molecule has 21 heavy (non-hydrogen) atoms. The standard InChI is InChI=1S/C15H12Br2N4/c16-10-6-13(17)15(20-8-10)14(21-18)12-3-1-2-9-7-19-5-4-11(9)12/h1-8,14,21H,18H2. The van der Waals surface area contributed by atoms with Crippen molar-refractivity contribution in [1.29, 1.82) is 0 Å². The number of hydrazine groups is 1. The minimum absolute atomic E-state index is 0.210. The molecule has 0 aliphatic carbocycles. The molecule has 0 bridgehead atoms. The highest BCUT2D eigenvalue weighted by Gasteiger charge is 2.19. The van der Waals surface area contributed by atoms with Gasteiger partial charge in [0.25, 0.3) is 0 Å². The fraction of sp³-hybridized carbons (Fsp3) is 0.0667. The van der Waals surface area contributed by atoms with Gasteiger partial charge in [-0.1, -0.05) is 18.2 Å². The Kier molecular flexibility index (Phi) is 4.30. The Balaban J connectivity index is 2.18. The zero-order chi connectivity index (χ0) is 14.8. The molecule has 0 saturated carbocycles. The molecule has 2 aromatic heterocycles. The second-order valence-corrected chi connectivity index (χ2v) is 6.33. The van der Waals surface area contributed by atoms with Crippen LogP contribution in [0.3, 0.4) is 0 Å². The Labute approximate surface area is 139 Å². The van der Waals surface area contributed by atoms with E-state index in [4.69, 9.17) is 5.84 Å². The van der Waals surface area contributed by atoms with Crippen molar-refractivity contribution in [3.8, 4) is 0 Å². The van der Waals surface area contributed by atoms with Crippen LogP contribution in [0, 0.1) is 0 Å². The molecule has 0 saturated heterocycles. The maximum atomic E-state index is 5.80. The lowest BCUT2D eigenvalue weighted by Gasteiger charge is -2.19. The van der Waals surface area contributed by atoms with Gasteiger partial charge in [0.1, 0.15) is 0 Å². The Morgan fingerprint density at radius 3 is 2.76 bits per heavy atom. The summed E-state index contributed by atoms with van der Waals surface area (Å²) in [4.78, 5) is 8.64. The number of pyridine rings is 2. The first-order valence-electron chi connectivity index (χ1n) is 6.30. The van der Waals surface area contributed by atoms with E-state index in [9.17, 15) is 0 Å². The average molecular weight is 408 g/mol. The zero-order valence-corrected chi connectivity index (χ0v) is 14.1. The molecule has 0 aliphatic heterocycles. The molecule has 1 aromatic carbocycles. The Morgan fingerprint density at radius 2 is 2.00 bits per heavy atom. The minimum atomic E-state index is -0.210. The highest BCUT2D eigenvalue weighted by molar-refractivity contribution is 9.11. The van der Waals surface area contributed by atoms with Crippen molar-refractivity contribution in [2.45, 2.75) is 6.04 Å². The van der Waals surface area contributed by atoms with E-state index in [0.29, 0.717) is 0 Å². The number of hydrogen-bond acceptors (Lipinski definition) is 4. The van der Waals surface area contributed by atoms with Crippen molar-refractivity contribution >= 4 is 42.6 Å². The second-order valence-electron chi connectivity index (χ2n) is 4.56. The molecular weight excluding hydrogens is 396 g/mol. The number of nitrogens with zero attached hydrogens (tertiary/aromatic N) is 2. The van der Waals surface area contributed by atoms with Gasteiger partial charge in [-0.15, -0.1) is 0 Å². The van der Waals surface area contributed by atoms with Crippen LogP contribution in [0.2, 0.25) is 0 Å². The predicted octanol–water partition coefficient (Wildman–Crippen LogP) is 3.71. The summed E-state index contributed by atoms with van der Waals surface area (Å²) in [5.41, 5.74) is 4.76. The van der Waals surface area contributed by atoms with Crippen LogP contribution in [0.4, 0.5) is 0 Å². The van der Waals surface area contributed by atoms with Crippen molar-refractivity contribution in [2.24, 2.45) is 5.84 Å². The zero-order valence-electron chi connectivity index (χ0n) is 10.9. The van der Waals surface area contributed by atoms with Crippen molar-refractivity contribution in [2.75, 3.05) is 0 Å². The normalized spacial score (nSPS) is 12.5. The maximum absolute atomic E-state index is 5.80. The molecule has 0 fully saturated rings. The topological polar surface area (TPSA) is 63.8 Å². The first kappa shape index (κ1) is 14.6. The van der Waals surface area contributed by atoms with Gasteiger partial charge in [0.2, 0.25) is 0 Å². The number of halogens is 2. The molecule has 1 unspecified atom stereocenters. The third kappa shape index (κ3) is 2.85. The molecule has 0 radical (unpaired) electrons. The first-order valence-corrected chi connectivity index (χ1v) is 7.89. The number of nitrogens with two attached hydrogens (primary N) is 1. The number of fused-ring (bicyclic) bond motifs is 1. The summed E-state index contributed by atoms with van der Waals surface area (Å²) in [7, 11) is 0. The fourth-order valence-corrected chi connectivity index (χ4v) is 3.57. The first-order chi connectivity index (χ1) is 10.2. The van der Waals surface area contributed by atoms with E-state index in [-0.39, 0.29) is 6.04 Å². The highest BCUT2D eigenvalue weighted by Crippen LogP contribution is 2.31. The third-order valence-corrected chi connectivity index (χ3v) is 4.37. The Morgan fingerprint density at radius 1 is 1.14 bits per heavy atom. The molecule has 0 amide bonds. The lowest BCUT2D eigenvalue weighted by molar-refractivity contribution is 0.621. The minimum Gasteiger partial charge on any atom is -0.271 e. The number of nitrogens with one attached hydrogen (secondary N) is 1. The molecular formula is C15H12Br2N4. The SMILES string of the molecule is NNC(c1ncc(Br)cc1Br)c1cccc2cnccc12. The van der Waals surface area contributed by atoms with Gasteiger partial charge in [-0.2, -0.15) is 0 Å². The second kappa shape index (κ2) is 6.19. The molecule has 4 nitrogen and oxygen atoms in total. The van der Waals surface area contributed by atoms with Crippen LogP contribution in [0.1, 0.15) is 17.3 Å². The number of rotatable bonds is 3. The van der Waals surface area contributed by atoms with E-state index in [1.165, 1.54) is 0 Å². The van der Waals surface area contributed by atoms with E-state index in [2.05, 4.69) is 47.3 Å². The quantitative estimate of drug-likeness (QED) is 0.513. The smallest absolute Gasteiger partial charge is 0.0898 e. The molecule has 3 aromatic rings. The summed E-state index contributed by atoms with van der Waals surface area (Å²) in [5.74, 6) is 5.80. The van der Waals surface area contributed by atoms with Gasteiger partial charge < -0.3 is 0 Å². The van der Waals surface area contributed by atoms with E-state index in [1.807, 2.05) is 36.5 Å². The average Bonchev–Trinajstić information content (AvgIpc) is 2.50. The molecule has 106 valence electrons. The predicted molar refractivity (Wildman–Crippen MR) is 90.5 cm³/mol. The summed E-state index contributed by atoms with van der Waals surface area (Å²) >= 11 is 6.96. The van der Waals surface area contributed by atoms with Gasteiger partial charge in [0.05, 0.1) is 11.7 Å². The van der Waals surface area contributed by atoms with Crippen LogP contribution in [0.25, 0.3) is 10.8 Å². The Bertz CT molecular complexity index is 786. The van der Waals surface area contributed by atoms with Crippen molar-refractivity contribution in [3.05, 3.63) is 69.1 Å². The lowest BCUT2D eigenvalue weighted by atomic mass is 9.98. The van der Waals surface area contributed by atoms with E-state index in [1.54, 1.807) is 12.4 Å². The third-order valence-electron chi connectivity index (χ3n) is 3.30. The summed E-state index contributed by atoms with van der Waals surface area (Å²) in [6, 6.07) is 9.81. The lowest BCUT2D eigenvalue weighted by Crippen LogP contribution is -2.30. The van der Waals surface area contributed by atoms with E-state index >= 15 is 0 Å². The van der Waals surface area contributed by atoms with Gasteiger partial charge >= 0.3 is 0 Å². The van der Waals surface area contributed by atoms with E-state index in [0.717, 1.165) is 31.0 Å². The molecule has 3 N–H and O–H groups in total. The van der Waals surface area contributed by atoms with Gasteiger partial charge in [-0.05, 0) is 54.9 Å². The van der Waals surface area contributed by atoms with Crippen LogP contribution < -0.4 is 11.3 Å². The molecule has 0 spiro atoms. The largest absolute Gasteiger partial charge is 0.271 e. The van der Waals surface area contributed by atoms with Crippen molar-refractivity contribution in [3.63, 3.8) is 0 Å². The van der Waals surface area contributed by atoms with Gasteiger partial charge in [-0.3, -0.25) is 15.8 Å². The fourth-order valence-electron chi connectivity index (χ4n) is 2.35. The van der Waals surface area contributed by atoms with Crippen LogP contribution in [0.15, 0.2) is 57.9 Å². The van der Waals surface area contributed by atoms with Crippen LogP contribution in [-0.4, -0.2) is 9.97 Å². The van der Waals surface area contributed by atoms with Crippen molar-refractivity contribution < 1.29 is 0 Å². The van der Waals surface area contributed by atoms with Crippen LogP contribution in [-0.2, 0) is 0 Å². The molecule has 6 heteroatoms. The highest BCUT2D eigenvalue weighted by atomic mass is 79.9. The molecule has 2 heterocycles. The Hall–Kier alpha value is -1.34. The summed E-state index contributed by atoms with van der Waals surface area (Å²) in [6.45, 7) is 0. The summed E-state index contributed by atoms with van der Waals surface area (Å²) < 4.78 is 1.81. The summed E-state index contributed by atoms with van der Waals surface area (Å²) in [6.07, 6.45) is 5.39. The van der Waals surface area contributed by atoms with Gasteiger partial charge in [0.15, 0.2) is 0 Å². The van der Waals surface area contributed by atoms with Crippen LogP contribution >= 0.6 is 31.9 Å². The van der Waals surface area contributed by atoms with E-state index < -0.39 is 0 Å². The molecule has 1 atom stereocenters. The number of aromatic nitrogens is 2. The van der Waals surface area contributed by atoms with Crippen LogP contribution in [0.5, 0.6) is 0 Å².